The molecule has 2 aromatic rings. The van der Waals surface area contributed by atoms with Crippen molar-refractivity contribution < 1.29 is 19.2 Å². The molecule has 2 rings (SSSR count). The third-order valence-electron chi connectivity index (χ3n) is 3.89. The highest BCUT2D eigenvalue weighted by atomic mass is 16.6. The fourth-order valence-electron chi connectivity index (χ4n) is 2.60. The molecule has 0 saturated heterocycles. The van der Waals surface area contributed by atoms with Crippen LogP contribution in [0, 0.1) is 16.0 Å². The van der Waals surface area contributed by atoms with E-state index in [0.717, 1.165) is 12.0 Å². The summed E-state index contributed by atoms with van der Waals surface area (Å²) in [7, 11) is 0. The maximum atomic E-state index is 12.2. The number of non-ortho nitro benzene ring substituents is 1. The van der Waals surface area contributed by atoms with Crippen molar-refractivity contribution in [3.05, 3.63) is 75.8 Å². The summed E-state index contributed by atoms with van der Waals surface area (Å²) >= 11 is 0. The molecule has 7 nitrogen and oxygen atoms in total. The van der Waals surface area contributed by atoms with E-state index in [0.29, 0.717) is 5.92 Å². The largest absolute Gasteiger partial charge is 0.452 e. The van der Waals surface area contributed by atoms with Crippen LogP contribution in [0.1, 0.15) is 42.2 Å². The predicted octanol–water partition coefficient (Wildman–Crippen LogP) is 3.66. The van der Waals surface area contributed by atoms with Gasteiger partial charge in [0.25, 0.3) is 11.6 Å². The summed E-state index contributed by atoms with van der Waals surface area (Å²) < 4.78 is 5.01. The number of ether oxygens (including phenoxy) is 1. The Morgan fingerprint density at radius 2 is 1.70 bits per heavy atom. The van der Waals surface area contributed by atoms with Gasteiger partial charge in [-0.05, 0) is 30.0 Å². The molecule has 27 heavy (non-hydrogen) atoms. The van der Waals surface area contributed by atoms with E-state index in [9.17, 15) is 19.7 Å². The molecule has 1 N–H and O–H groups in total. The van der Waals surface area contributed by atoms with E-state index in [-0.39, 0.29) is 17.3 Å². The lowest BCUT2D eigenvalue weighted by Gasteiger charge is -2.21. The quantitative estimate of drug-likeness (QED) is 0.434. The Morgan fingerprint density at radius 1 is 1.07 bits per heavy atom. The first-order chi connectivity index (χ1) is 12.9. The number of benzene rings is 2. The Morgan fingerprint density at radius 3 is 2.26 bits per heavy atom. The van der Waals surface area contributed by atoms with Crippen molar-refractivity contribution in [3.63, 3.8) is 0 Å². The fraction of sp³-hybridized carbons (Fsp3) is 0.300. The molecule has 0 aliphatic rings. The number of rotatable bonds is 8. The van der Waals surface area contributed by atoms with Crippen LogP contribution in [0.25, 0.3) is 0 Å². The lowest BCUT2D eigenvalue weighted by molar-refractivity contribution is -0.384. The molecule has 0 spiro atoms. The Balaban J connectivity index is 1.93. The van der Waals surface area contributed by atoms with Crippen molar-refractivity contribution >= 4 is 17.6 Å². The minimum atomic E-state index is -0.708. The molecule has 7 heteroatoms. The minimum Gasteiger partial charge on any atom is -0.452 e. The lowest BCUT2D eigenvalue weighted by atomic mass is 9.97. The average molecular weight is 370 g/mol. The van der Waals surface area contributed by atoms with Crippen molar-refractivity contribution in [2.24, 2.45) is 5.92 Å². The molecular weight excluding hydrogens is 348 g/mol. The van der Waals surface area contributed by atoms with Crippen LogP contribution in [-0.2, 0) is 9.53 Å². The van der Waals surface area contributed by atoms with Gasteiger partial charge in [0.05, 0.1) is 16.5 Å². The summed E-state index contributed by atoms with van der Waals surface area (Å²) in [5, 5.41) is 13.5. The van der Waals surface area contributed by atoms with Crippen LogP contribution in [0.2, 0.25) is 0 Å². The number of nitro benzene ring substituents is 1. The summed E-state index contributed by atoms with van der Waals surface area (Å²) in [6, 6.07) is 14.4. The highest BCUT2D eigenvalue weighted by Gasteiger charge is 2.18. The molecule has 0 fully saturated rings. The van der Waals surface area contributed by atoms with Crippen LogP contribution in [0.15, 0.2) is 54.6 Å². The standard InChI is InChI=1S/C20H22N2O5/c1-14(2)12-18(15-6-4-3-5-7-15)21-19(23)13-27-20(24)16-8-10-17(11-9-16)22(25)26/h3-11,14,18H,12-13H2,1-2H3,(H,21,23)/t18-/m1/s1. The topological polar surface area (TPSA) is 98.5 Å². The third-order valence-corrected chi connectivity index (χ3v) is 3.89. The molecule has 0 heterocycles. The number of nitrogens with zero attached hydrogens (tertiary/aromatic N) is 1. The normalized spacial score (nSPS) is 11.7. The Labute approximate surface area is 157 Å². The van der Waals surface area contributed by atoms with Gasteiger partial charge in [0.15, 0.2) is 6.61 Å². The van der Waals surface area contributed by atoms with Crippen LogP contribution >= 0.6 is 0 Å². The van der Waals surface area contributed by atoms with E-state index in [1.165, 1.54) is 24.3 Å². The molecular formula is C20H22N2O5. The Kier molecular flexibility index (Phi) is 7.05. The molecule has 0 saturated carbocycles. The molecule has 0 aliphatic carbocycles. The second kappa shape index (κ2) is 9.47. The average Bonchev–Trinajstić information content (AvgIpc) is 2.66. The van der Waals surface area contributed by atoms with E-state index < -0.39 is 23.4 Å². The van der Waals surface area contributed by atoms with Crippen LogP contribution in [0.3, 0.4) is 0 Å². The van der Waals surface area contributed by atoms with Gasteiger partial charge >= 0.3 is 5.97 Å². The molecule has 2 aromatic carbocycles. The zero-order valence-electron chi connectivity index (χ0n) is 15.3. The summed E-state index contributed by atoms with van der Waals surface area (Å²) in [6.07, 6.45) is 0.756. The first-order valence-corrected chi connectivity index (χ1v) is 8.62. The van der Waals surface area contributed by atoms with Crippen LogP contribution < -0.4 is 5.32 Å². The van der Waals surface area contributed by atoms with Gasteiger partial charge in [0.1, 0.15) is 0 Å². The zero-order chi connectivity index (χ0) is 19.8. The number of amides is 1. The highest BCUT2D eigenvalue weighted by Crippen LogP contribution is 2.21. The molecule has 142 valence electrons. The van der Waals surface area contributed by atoms with E-state index >= 15 is 0 Å². The molecule has 0 unspecified atom stereocenters. The highest BCUT2D eigenvalue weighted by molar-refractivity contribution is 5.91. The van der Waals surface area contributed by atoms with E-state index in [4.69, 9.17) is 4.74 Å². The lowest BCUT2D eigenvalue weighted by Crippen LogP contribution is -2.33. The van der Waals surface area contributed by atoms with Crippen LogP contribution in [0.5, 0.6) is 0 Å². The van der Waals surface area contributed by atoms with Gasteiger partial charge in [-0.1, -0.05) is 44.2 Å². The van der Waals surface area contributed by atoms with Crippen molar-refractivity contribution in [1.82, 2.24) is 5.32 Å². The van der Waals surface area contributed by atoms with Crippen molar-refractivity contribution in [1.29, 1.82) is 0 Å². The molecule has 1 atom stereocenters. The Hall–Kier alpha value is -3.22. The van der Waals surface area contributed by atoms with Gasteiger partial charge in [-0.3, -0.25) is 14.9 Å². The van der Waals surface area contributed by atoms with Crippen molar-refractivity contribution in [2.75, 3.05) is 6.61 Å². The number of hydrogen-bond acceptors (Lipinski definition) is 5. The first-order valence-electron chi connectivity index (χ1n) is 8.62. The van der Waals surface area contributed by atoms with Crippen LogP contribution in [0.4, 0.5) is 5.69 Å². The van der Waals surface area contributed by atoms with Gasteiger partial charge in [0.2, 0.25) is 0 Å². The van der Waals surface area contributed by atoms with E-state index in [1.807, 2.05) is 30.3 Å². The van der Waals surface area contributed by atoms with E-state index in [1.54, 1.807) is 0 Å². The van der Waals surface area contributed by atoms with Crippen molar-refractivity contribution in [2.45, 2.75) is 26.3 Å². The van der Waals surface area contributed by atoms with Gasteiger partial charge in [-0.2, -0.15) is 0 Å². The monoisotopic (exact) mass is 370 g/mol. The number of nitrogens with one attached hydrogen (secondary N) is 1. The molecule has 1 amide bonds. The summed E-state index contributed by atoms with van der Waals surface area (Å²) in [4.78, 5) is 34.3. The predicted molar refractivity (Wildman–Crippen MR) is 100 cm³/mol. The number of nitro groups is 1. The molecule has 0 aromatic heterocycles. The number of carbonyl (C=O) groups is 2. The van der Waals surface area contributed by atoms with Crippen molar-refractivity contribution in [3.8, 4) is 0 Å². The van der Waals surface area contributed by atoms with Gasteiger partial charge < -0.3 is 10.1 Å². The zero-order valence-corrected chi connectivity index (χ0v) is 15.3. The minimum absolute atomic E-state index is 0.122. The molecule has 0 radical (unpaired) electrons. The van der Waals surface area contributed by atoms with Gasteiger partial charge in [0, 0.05) is 12.1 Å². The second-order valence-corrected chi connectivity index (χ2v) is 6.54. The maximum Gasteiger partial charge on any atom is 0.338 e. The number of esters is 1. The summed E-state index contributed by atoms with van der Waals surface area (Å²) in [5.41, 5.74) is 1.01. The maximum absolute atomic E-state index is 12.2. The third kappa shape index (κ3) is 6.22. The molecule has 0 bridgehead atoms. The number of hydrogen-bond donors (Lipinski definition) is 1. The smallest absolute Gasteiger partial charge is 0.338 e. The van der Waals surface area contributed by atoms with Crippen LogP contribution in [-0.4, -0.2) is 23.4 Å². The first kappa shape index (κ1) is 20.1. The number of carbonyl (C=O) groups excluding carboxylic acids is 2. The Bertz CT molecular complexity index is 788. The molecule has 0 aliphatic heterocycles. The second-order valence-electron chi connectivity index (χ2n) is 6.54. The van der Waals surface area contributed by atoms with Gasteiger partial charge in [-0.15, -0.1) is 0 Å². The van der Waals surface area contributed by atoms with Gasteiger partial charge in [-0.25, -0.2) is 4.79 Å². The fourth-order valence-corrected chi connectivity index (χ4v) is 2.60. The summed E-state index contributed by atoms with van der Waals surface area (Å²) in [6.45, 7) is 3.71. The summed E-state index contributed by atoms with van der Waals surface area (Å²) in [5.74, 6) is -0.738. The van der Waals surface area contributed by atoms with E-state index in [2.05, 4.69) is 19.2 Å². The SMILES string of the molecule is CC(C)C[C@@H](NC(=O)COC(=O)c1ccc([N+](=O)[O-])cc1)c1ccccc1.